The number of ether oxygens (including phenoxy) is 1. The Morgan fingerprint density at radius 2 is 2.24 bits per heavy atom. The van der Waals surface area contributed by atoms with Gasteiger partial charge in [-0.2, -0.15) is 0 Å². The highest BCUT2D eigenvalue weighted by molar-refractivity contribution is 7.11. The zero-order chi connectivity index (χ0) is 12.1. The van der Waals surface area contributed by atoms with E-state index in [0.717, 1.165) is 42.7 Å². The van der Waals surface area contributed by atoms with Crippen molar-refractivity contribution in [3.8, 4) is 0 Å². The lowest BCUT2D eigenvalue weighted by Crippen LogP contribution is -2.44. The van der Waals surface area contributed by atoms with E-state index in [9.17, 15) is 0 Å². The minimum Gasteiger partial charge on any atom is -0.378 e. The van der Waals surface area contributed by atoms with Crippen LogP contribution in [-0.2, 0) is 11.2 Å². The highest BCUT2D eigenvalue weighted by Crippen LogP contribution is 2.08. The van der Waals surface area contributed by atoms with E-state index in [4.69, 9.17) is 10.5 Å². The minimum absolute atomic E-state index is 0.606. The molecule has 2 rings (SSSR count). The van der Waals surface area contributed by atoms with E-state index in [2.05, 4.69) is 20.1 Å². The van der Waals surface area contributed by atoms with Gasteiger partial charge in [0.2, 0.25) is 0 Å². The summed E-state index contributed by atoms with van der Waals surface area (Å²) in [5.41, 5.74) is 5.91. The van der Waals surface area contributed by atoms with E-state index < -0.39 is 0 Å². The van der Waals surface area contributed by atoms with E-state index in [0.29, 0.717) is 12.5 Å². The first kappa shape index (κ1) is 12.3. The fraction of sp³-hybridized carbons (Fsp3) is 0.700. The van der Waals surface area contributed by atoms with Gasteiger partial charge in [-0.15, -0.1) is 21.5 Å². The largest absolute Gasteiger partial charge is 0.378 e. The van der Waals surface area contributed by atoms with Gasteiger partial charge in [-0.05, 0) is 6.92 Å². The lowest BCUT2D eigenvalue weighted by atomic mass is 10.4. The maximum atomic E-state index is 5.91. The van der Waals surface area contributed by atoms with Crippen LogP contribution in [0.1, 0.15) is 10.0 Å². The average Bonchev–Trinajstić information content (AvgIpc) is 2.76. The third kappa shape index (κ3) is 3.64. The van der Waals surface area contributed by atoms with Crippen molar-refractivity contribution in [1.82, 2.24) is 15.1 Å². The number of nitrogens with zero attached hydrogens (tertiary/aromatic N) is 4. The summed E-state index contributed by atoms with van der Waals surface area (Å²) in [6.07, 6.45) is 0.802. The Kier molecular flexibility index (Phi) is 4.27. The molecule has 1 aromatic heterocycles. The van der Waals surface area contributed by atoms with E-state index in [-0.39, 0.29) is 0 Å². The second kappa shape index (κ2) is 5.92. The van der Waals surface area contributed by atoms with Crippen molar-refractivity contribution in [2.75, 3.05) is 32.8 Å². The molecule has 0 saturated carbocycles. The third-order valence-electron chi connectivity index (χ3n) is 2.50. The Morgan fingerprint density at radius 3 is 2.88 bits per heavy atom. The Bertz CT molecular complexity index is 386. The first-order valence-electron chi connectivity index (χ1n) is 5.67. The lowest BCUT2D eigenvalue weighted by Gasteiger charge is -2.27. The lowest BCUT2D eigenvalue weighted by molar-refractivity contribution is 0.0674. The van der Waals surface area contributed by atoms with Crippen LogP contribution in [0.3, 0.4) is 0 Å². The number of aromatic nitrogens is 2. The van der Waals surface area contributed by atoms with Gasteiger partial charge in [-0.1, -0.05) is 0 Å². The molecule has 0 bridgehead atoms. The molecule has 94 valence electrons. The summed E-state index contributed by atoms with van der Waals surface area (Å²) >= 11 is 1.61. The molecule has 1 aliphatic heterocycles. The molecule has 0 unspecified atom stereocenters. The van der Waals surface area contributed by atoms with Crippen LogP contribution in [0.2, 0.25) is 0 Å². The predicted octanol–water partition coefficient (Wildman–Crippen LogP) is 0.0359. The smallest absolute Gasteiger partial charge is 0.191 e. The zero-order valence-corrected chi connectivity index (χ0v) is 10.7. The van der Waals surface area contributed by atoms with Gasteiger partial charge in [0.15, 0.2) is 5.96 Å². The van der Waals surface area contributed by atoms with Gasteiger partial charge in [-0.25, -0.2) is 0 Å². The average molecular weight is 255 g/mol. The van der Waals surface area contributed by atoms with Crippen molar-refractivity contribution in [3.63, 3.8) is 0 Å². The molecule has 1 aliphatic rings. The molecular weight excluding hydrogens is 238 g/mol. The van der Waals surface area contributed by atoms with Gasteiger partial charge in [0.05, 0.1) is 13.2 Å². The maximum absolute atomic E-state index is 5.91. The Balaban J connectivity index is 1.79. The second-order valence-corrected chi connectivity index (χ2v) is 5.07. The number of guanidine groups is 1. The van der Waals surface area contributed by atoms with E-state index in [1.54, 1.807) is 11.3 Å². The minimum atomic E-state index is 0.606. The van der Waals surface area contributed by atoms with Gasteiger partial charge >= 0.3 is 0 Å². The highest BCUT2D eigenvalue weighted by atomic mass is 32.1. The maximum Gasteiger partial charge on any atom is 0.191 e. The fourth-order valence-corrected chi connectivity index (χ4v) is 2.29. The van der Waals surface area contributed by atoms with E-state index in [1.807, 2.05) is 6.92 Å². The van der Waals surface area contributed by atoms with Crippen LogP contribution in [0.25, 0.3) is 0 Å². The molecule has 17 heavy (non-hydrogen) atoms. The van der Waals surface area contributed by atoms with Crippen molar-refractivity contribution in [2.45, 2.75) is 13.3 Å². The Hall–Kier alpha value is -1.21. The number of hydrogen-bond acceptors (Lipinski definition) is 5. The van der Waals surface area contributed by atoms with Gasteiger partial charge in [-0.3, -0.25) is 4.99 Å². The summed E-state index contributed by atoms with van der Waals surface area (Å²) in [7, 11) is 0. The SMILES string of the molecule is Cc1nnc(CCN=C(N)N2CCOCC2)s1. The van der Waals surface area contributed by atoms with Gasteiger partial charge in [0.1, 0.15) is 10.0 Å². The van der Waals surface area contributed by atoms with Crippen LogP contribution in [0, 0.1) is 6.92 Å². The second-order valence-electron chi connectivity index (χ2n) is 3.80. The van der Waals surface area contributed by atoms with Crippen molar-refractivity contribution in [1.29, 1.82) is 0 Å². The van der Waals surface area contributed by atoms with Crippen molar-refractivity contribution in [3.05, 3.63) is 10.0 Å². The van der Waals surface area contributed by atoms with Crippen LogP contribution in [0.15, 0.2) is 4.99 Å². The topological polar surface area (TPSA) is 76.6 Å². The number of aliphatic imine (C=N–C) groups is 1. The first-order chi connectivity index (χ1) is 8.25. The standard InChI is InChI=1S/C10H17N5OS/c1-8-13-14-9(17-8)2-3-12-10(11)15-4-6-16-7-5-15/h2-7H2,1H3,(H2,11,12). The molecular formula is C10H17N5OS. The van der Waals surface area contributed by atoms with Crippen molar-refractivity contribution < 1.29 is 4.74 Å². The quantitative estimate of drug-likeness (QED) is 0.609. The van der Waals surface area contributed by atoms with E-state index in [1.165, 1.54) is 0 Å². The van der Waals surface area contributed by atoms with Crippen molar-refractivity contribution >= 4 is 17.3 Å². The molecule has 0 radical (unpaired) electrons. The zero-order valence-electron chi connectivity index (χ0n) is 9.93. The fourth-order valence-electron chi connectivity index (χ4n) is 1.60. The first-order valence-corrected chi connectivity index (χ1v) is 6.49. The number of rotatable bonds is 3. The molecule has 0 amide bonds. The van der Waals surface area contributed by atoms with Crippen LogP contribution in [0.4, 0.5) is 0 Å². The number of nitrogens with two attached hydrogens (primary N) is 1. The van der Waals surface area contributed by atoms with E-state index >= 15 is 0 Å². The monoisotopic (exact) mass is 255 g/mol. The van der Waals surface area contributed by atoms with Crippen LogP contribution >= 0.6 is 11.3 Å². The number of morpholine rings is 1. The number of hydrogen-bond donors (Lipinski definition) is 1. The molecule has 7 heteroatoms. The van der Waals surface area contributed by atoms with Crippen LogP contribution in [0.5, 0.6) is 0 Å². The van der Waals surface area contributed by atoms with Gasteiger partial charge in [0.25, 0.3) is 0 Å². The molecule has 0 aromatic carbocycles. The van der Waals surface area contributed by atoms with Crippen molar-refractivity contribution in [2.24, 2.45) is 10.7 Å². The summed E-state index contributed by atoms with van der Waals surface area (Å²) in [5.74, 6) is 0.606. The van der Waals surface area contributed by atoms with Gasteiger partial charge in [0, 0.05) is 26.1 Å². The third-order valence-corrected chi connectivity index (χ3v) is 3.40. The summed E-state index contributed by atoms with van der Waals surface area (Å²) in [5, 5.41) is 10.0. The summed E-state index contributed by atoms with van der Waals surface area (Å²) in [6, 6.07) is 0. The summed E-state index contributed by atoms with van der Waals surface area (Å²) in [4.78, 5) is 6.41. The van der Waals surface area contributed by atoms with Crippen LogP contribution in [-0.4, -0.2) is 53.9 Å². The summed E-state index contributed by atoms with van der Waals surface area (Å²) in [6.45, 7) is 5.72. The molecule has 2 heterocycles. The Labute approximate surface area is 105 Å². The molecule has 0 spiro atoms. The predicted molar refractivity (Wildman–Crippen MR) is 67.2 cm³/mol. The van der Waals surface area contributed by atoms with Crippen LogP contribution < -0.4 is 5.73 Å². The number of aryl methyl sites for hydroxylation is 1. The molecule has 1 aromatic rings. The highest BCUT2D eigenvalue weighted by Gasteiger charge is 2.11. The Morgan fingerprint density at radius 1 is 1.47 bits per heavy atom. The normalized spacial score (nSPS) is 17.5. The molecule has 0 aliphatic carbocycles. The molecule has 2 N–H and O–H groups in total. The van der Waals surface area contributed by atoms with Gasteiger partial charge < -0.3 is 15.4 Å². The molecule has 1 saturated heterocycles. The molecule has 1 fully saturated rings. The molecule has 0 atom stereocenters. The summed E-state index contributed by atoms with van der Waals surface area (Å²) < 4.78 is 5.26. The molecule has 6 nitrogen and oxygen atoms in total.